The zero-order chi connectivity index (χ0) is 13.7. The van der Waals surface area contributed by atoms with Gasteiger partial charge in [-0.25, -0.2) is 4.98 Å². The summed E-state index contributed by atoms with van der Waals surface area (Å²) >= 11 is 0. The van der Waals surface area contributed by atoms with Crippen molar-refractivity contribution >= 4 is 28.8 Å². The highest BCUT2D eigenvalue weighted by molar-refractivity contribution is 5.91. The topological polar surface area (TPSA) is 80.0 Å². The molecule has 4 N–H and O–H groups in total. The zero-order valence-electron chi connectivity index (χ0n) is 10.7. The fourth-order valence-electron chi connectivity index (χ4n) is 1.58. The molecular formula is C14H16N4O. The van der Waals surface area contributed by atoms with Gasteiger partial charge in [0.15, 0.2) is 5.82 Å². The average Bonchev–Trinajstić information content (AvgIpc) is 2.42. The van der Waals surface area contributed by atoms with E-state index in [9.17, 15) is 4.79 Å². The average molecular weight is 256 g/mol. The van der Waals surface area contributed by atoms with Gasteiger partial charge in [0.05, 0.1) is 5.69 Å². The third-order valence-electron chi connectivity index (χ3n) is 2.57. The molecule has 0 aliphatic heterocycles. The van der Waals surface area contributed by atoms with Crippen molar-refractivity contribution in [1.82, 2.24) is 4.98 Å². The Kier molecular flexibility index (Phi) is 3.97. The molecule has 0 aliphatic rings. The second-order valence-corrected chi connectivity index (χ2v) is 4.05. The van der Waals surface area contributed by atoms with Crippen molar-refractivity contribution in [2.24, 2.45) is 0 Å². The van der Waals surface area contributed by atoms with E-state index in [1.807, 2.05) is 31.2 Å². The largest absolute Gasteiger partial charge is 0.396 e. The van der Waals surface area contributed by atoms with Gasteiger partial charge in [0, 0.05) is 24.0 Å². The van der Waals surface area contributed by atoms with E-state index in [0.29, 0.717) is 17.9 Å². The van der Waals surface area contributed by atoms with E-state index < -0.39 is 0 Å². The van der Waals surface area contributed by atoms with Crippen LogP contribution in [0.3, 0.4) is 0 Å². The standard InChI is InChI=1S/C14H16N4O/c1-2-13(19)17-10-5-3-6-11(9-10)18-14-12(15)7-4-8-16-14/h3-9H,2,15H2,1H3,(H,16,18)(H,17,19). The predicted octanol–water partition coefficient (Wildman–Crippen LogP) is 2.76. The van der Waals surface area contributed by atoms with Crippen LogP contribution in [-0.4, -0.2) is 10.9 Å². The van der Waals surface area contributed by atoms with E-state index >= 15 is 0 Å². The molecule has 2 aromatic rings. The molecule has 1 heterocycles. The first-order valence-electron chi connectivity index (χ1n) is 6.06. The van der Waals surface area contributed by atoms with Gasteiger partial charge in [-0.1, -0.05) is 13.0 Å². The van der Waals surface area contributed by atoms with Crippen LogP contribution in [-0.2, 0) is 4.79 Å². The minimum absolute atomic E-state index is 0.0190. The lowest BCUT2D eigenvalue weighted by Crippen LogP contribution is -2.09. The number of nitrogens with one attached hydrogen (secondary N) is 2. The van der Waals surface area contributed by atoms with Crippen LogP contribution in [0.2, 0.25) is 0 Å². The number of anilines is 4. The summed E-state index contributed by atoms with van der Waals surface area (Å²) in [6.45, 7) is 1.81. The molecule has 5 nitrogen and oxygen atoms in total. The molecule has 0 aliphatic carbocycles. The number of rotatable bonds is 4. The van der Waals surface area contributed by atoms with Gasteiger partial charge in [-0.05, 0) is 30.3 Å². The molecule has 0 bridgehead atoms. The molecule has 0 spiro atoms. The second-order valence-electron chi connectivity index (χ2n) is 4.05. The van der Waals surface area contributed by atoms with Gasteiger partial charge < -0.3 is 16.4 Å². The first-order valence-corrected chi connectivity index (χ1v) is 6.06. The van der Waals surface area contributed by atoms with Crippen LogP contribution in [0, 0.1) is 0 Å². The third kappa shape index (κ3) is 3.45. The van der Waals surface area contributed by atoms with Gasteiger partial charge in [-0.15, -0.1) is 0 Å². The van der Waals surface area contributed by atoms with Crippen molar-refractivity contribution in [2.45, 2.75) is 13.3 Å². The van der Waals surface area contributed by atoms with Crippen LogP contribution < -0.4 is 16.4 Å². The van der Waals surface area contributed by atoms with E-state index in [2.05, 4.69) is 15.6 Å². The predicted molar refractivity (Wildman–Crippen MR) is 77.3 cm³/mol. The van der Waals surface area contributed by atoms with Gasteiger partial charge in [0.1, 0.15) is 0 Å². The molecule has 0 saturated heterocycles. The Hall–Kier alpha value is -2.56. The summed E-state index contributed by atoms with van der Waals surface area (Å²) < 4.78 is 0. The molecule has 0 unspecified atom stereocenters. The Bertz CT molecular complexity index is 583. The van der Waals surface area contributed by atoms with E-state index in [1.165, 1.54) is 0 Å². The highest BCUT2D eigenvalue weighted by Crippen LogP contribution is 2.22. The maximum atomic E-state index is 11.3. The number of benzene rings is 1. The molecule has 0 fully saturated rings. The monoisotopic (exact) mass is 256 g/mol. The Balaban J connectivity index is 2.15. The number of carbonyl (C=O) groups excluding carboxylic acids is 1. The van der Waals surface area contributed by atoms with Gasteiger partial charge in [0.2, 0.25) is 5.91 Å². The number of nitrogens with two attached hydrogens (primary N) is 1. The fourth-order valence-corrected chi connectivity index (χ4v) is 1.58. The molecule has 19 heavy (non-hydrogen) atoms. The molecular weight excluding hydrogens is 240 g/mol. The molecule has 0 radical (unpaired) electrons. The smallest absolute Gasteiger partial charge is 0.224 e. The first kappa shape index (κ1) is 12.9. The summed E-state index contributed by atoms with van der Waals surface area (Å²) in [4.78, 5) is 15.5. The number of carbonyl (C=O) groups is 1. The minimum Gasteiger partial charge on any atom is -0.396 e. The van der Waals surface area contributed by atoms with E-state index in [1.54, 1.807) is 18.3 Å². The zero-order valence-corrected chi connectivity index (χ0v) is 10.7. The Labute approximate surface area is 111 Å². The first-order chi connectivity index (χ1) is 9.19. The minimum atomic E-state index is -0.0190. The number of nitrogens with zero attached hydrogens (tertiary/aromatic N) is 1. The highest BCUT2D eigenvalue weighted by Gasteiger charge is 2.02. The summed E-state index contributed by atoms with van der Waals surface area (Å²) in [5.41, 5.74) is 7.95. The van der Waals surface area contributed by atoms with Crippen LogP contribution in [0.1, 0.15) is 13.3 Å². The molecule has 1 aromatic heterocycles. The number of pyridine rings is 1. The molecule has 98 valence electrons. The van der Waals surface area contributed by atoms with Crippen LogP contribution >= 0.6 is 0 Å². The van der Waals surface area contributed by atoms with Crippen LogP contribution in [0.15, 0.2) is 42.6 Å². The lowest BCUT2D eigenvalue weighted by molar-refractivity contribution is -0.115. The van der Waals surface area contributed by atoms with Gasteiger partial charge in [0.25, 0.3) is 0 Å². The fraction of sp³-hybridized carbons (Fsp3) is 0.143. The van der Waals surface area contributed by atoms with Crippen LogP contribution in [0.5, 0.6) is 0 Å². The van der Waals surface area contributed by atoms with E-state index in [0.717, 1.165) is 11.4 Å². The number of nitrogen functional groups attached to an aromatic ring is 1. The van der Waals surface area contributed by atoms with Crippen LogP contribution in [0.25, 0.3) is 0 Å². The Morgan fingerprint density at radius 1 is 1.26 bits per heavy atom. The second kappa shape index (κ2) is 5.86. The SMILES string of the molecule is CCC(=O)Nc1cccc(Nc2ncccc2N)c1. The number of hydrogen-bond acceptors (Lipinski definition) is 4. The Morgan fingerprint density at radius 3 is 2.79 bits per heavy atom. The number of hydrogen-bond donors (Lipinski definition) is 3. The maximum Gasteiger partial charge on any atom is 0.224 e. The third-order valence-corrected chi connectivity index (χ3v) is 2.57. The van der Waals surface area contributed by atoms with Crippen molar-refractivity contribution in [1.29, 1.82) is 0 Å². The molecule has 5 heteroatoms. The van der Waals surface area contributed by atoms with Crippen molar-refractivity contribution in [2.75, 3.05) is 16.4 Å². The summed E-state index contributed by atoms with van der Waals surface area (Å²) in [5, 5.41) is 5.92. The molecule has 1 aromatic carbocycles. The maximum absolute atomic E-state index is 11.3. The van der Waals surface area contributed by atoms with Crippen molar-refractivity contribution in [3.8, 4) is 0 Å². The summed E-state index contributed by atoms with van der Waals surface area (Å²) in [7, 11) is 0. The van der Waals surface area contributed by atoms with Crippen molar-refractivity contribution in [3.05, 3.63) is 42.6 Å². The van der Waals surface area contributed by atoms with Gasteiger partial charge in [-0.3, -0.25) is 4.79 Å². The molecule has 2 rings (SSSR count). The highest BCUT2D eigenvalue weighted by atomic mass is 16.1. The molecule has 0 saturated carbocycles. The van der Waals surface area contributed by atoms with Crippen molar-refractivity contribution in [3.63, 3.8) is 0 Å². The summed E-state index contributed by atoms with van der Waals surface area (Å²) in [6.07, 6.45) is 2.12. The molecule has 1 amide bonds. The van der Waals surface area contributed by atoms with Crippen LogP contribution in [0.4, 0.5) is 22.9 Å². The van der Waals surface area contributed by atoms with Gasteiger partial charge in [-0.2, -0.15) is 0 Å². The van der Waals surface area contributed by atoms with E-state index in [-0.39, 0.29) is 5.91 Å². The summed E-state index contributed by atoms with van der Waals surface area (Å²) in [5.74, 6) is 0.580. The van der Waals surface area contributed by atoms with E-state index in [4.69, 9.17) is 5.73 Å². The molecule has 0 atom stereocenters. The Morgan fingerprint density at radius 2 is 2.05 bits per heavy atom. The lowest BCUT2D eigenvalue weighted by atomic mass is 10.2. The number of amides is 1. The summed E-state index contributed by atoms with van der Waals surface area (Å²) in [6, 6.07) is 11.0. The van der Waals surface area contributed by atoms with Gasteiger partial charge >= 0.3 is 0 Å². The van der Waals surface area contributed by atoms with Crippen molar-refractivity contribution < 1.29 is 4.79 Å². The lowest BCUT2D eigenvalue weighted by Gasteiger charge is -2.10. The quantitative estimate of drug-likeness (QED) is 0.785. The number of aromatic nitrogens is 1. The normalized spacial score (nSPS) is 9.95.